The summed E-state index contributed by atoms with van der Waals surface area (Å²) in [5, 5.41) is 3.06. The van der Waals surface area contributed by atoms with Crippen LogP contribution in [0.2, 0.25) is 0 Å². The number of nitrogens with one attached hydrogen (secondary N) is 1. The van der Waals surface area contributed by atoms with Crippen molar-refractivity contribution < 1.29 is 13.9 Å². The van der Waals surface area contributed by atoms with Gasteiger partial charge in [-0.05, 0) is 66.7 Å². The Morgan fingerprint density at radius 1 is 1.16 bits per heavy atom. The van der Waals surface area contributed by atoms with Gasteiger partial charge in [0.1, 0.15) is 11.6 Å². The maximum absolute atomic E-state index is 13.3. The molecule has 0 radical (unpaired) electrons. The van der Waals surface area contributed by atoms with Crippen LogP contribution in [0.25, 0.3) is 0 Å². The molecule has 0 aromatic heterocycles. The summed E-state index contributed by atoms with van der Waals surface area (Å²) in [4.78, 5) is 17.4. The highest BCUT2D eigenvalue weighted by Gasteiger charge is 2.25. The molecule has 1 saturated heterocycles. The Kier molecular flexibility index (Phi) is 8.91. The minimum Gasteiger partial charge on any atom is -0.493 e. The summed E-state index contributed by atoms with van der Waals surface area (Å²) in [6.45, 7) is 11.8. The van der Waals surface area contributed by atoms with Gasteiger partial charge in [-0.2, -0.15) is 0 Å². The number of halogens is 1. The molecule has 6 heteroatoms. The first-order valence-corrected chi connectivity index (χ1v) is 11.6. The third-order valence-electron chi connectivity index (χ3n) is 5.82. The summed E-state index contributed by atoms with van der Waals surface area (Å²) in [5.41, 5.74) is 1.95. The van der Waals surface area contributed by atoms with Crippen molar-refractivity contribution in [1.82, 2.24) is 15.1 Å². The topological polar surface area (TPSA) is 44.8 Å². The molecule has 2 aromatic carbocycles. The number of carbonyl (C=O) groups excluding carboxylic acids is 1. The number of nitrogens with zero attached hydrogens (tertiary/aromatic N) is 2. The first-order valence-electron chi connectivity index (χ1n) is 11.6. The lowest BCUT2D eigenvalue weighted by Gasteiger charge is -2.26. The van der Waals surface area contributed by atoms with Gasteiger partial charge < -0.3 is 19.9 Å². The van der Waals surface area contributed by atoms with Gasteiger partial charge in [-0.25, -0.2) is 9.18 Å². The molecule has 0 unspecified atom stereocenters. The number of carbonyl (C=O) groups is 1. The van der Waals surface area contributed by atoms with Crippen LogP contribution in [0.15, 0.2) is 48.5 Å². The maximum atomic E-state index is 13.3. The molecule has 0 spiro atoms. The van der Waals surface area contributed by atoms with Gasteiger partial charge in [0.2, 0.25) is 0 Å². The van der Waals surface area contributed by atoms with Crippen molar-refractivity contribution in [1.29, 1.82) is 0 Å². The predicted molar refractivity (Wildman–Crippen MR) is 126 cm³/mol. The Labute approximate surface area is 191 Å². The zero-order chi connectivity index (χ0) is 22.9. The average Bonchev–Trinajstić information content (AvgIpc) is 3.25. The number of hydrogen-bond donors (Lipinski definition) is 1. The van der Waals surface area contributed by atoms with E-state index in [0.29, 0.717) is 38.1 Å². The van der Waals surface area contributed by atoms with Crippen LogP contribution in [0.5, 0.6) is 5.75 Å². The molecule has 1 aliphatic heterocycles. The predicted octanol–water partition coefficient (Wildman–Crippen LogP) is 4.91. The molecule has 1 atom stereocenters. The molecular weight excluding hydrogens is 405 g/mol. The molecule has 174 valence electrons. The second-order valence-electron chi connectivity index (χ2n) is 9.06. The van der Waals surface area contributed by atoms with Crippen LogP contribution >= 0.6 is 0 Å². The van der Waals surface area contributed by atoms with Gasteiger partial charge in [0.05, 0.1) is 6.61 Å². The van der Waals surface area contributed by atoms with Crippen molar-refractivity contribution in [3.63, 3.8) is 0 Å². The van der Waals surface area contributed by atoms with Crippen LogP contribution < -0.4 is 10.1 Å². The quantitative estimate of drug-likeness (QED) is 0.570. The molecule has 2 amide bonds. The van der Waals surface area contributed by atoms with E-state index < -0.39 is 0 Å². The molecular formula is C26H36FN3O2. The molecule has 3 rings (SSSR count). The van der Waals surface area contributed by atoms with Crippen molar-refractivity contribution >= 4 is 6.03 Å². The summed E-state index contributed by atoms with van der Waals surface area (Å²) in [7, 11) is 0. The normalized spacial score (nSPS) is 16.3. The van der Waals surface area contributed by atoms with Crippen LogP contribution in [0.3, 0.4) is 0 Å². The van der Waals surface area contributed by atoms with Crippen molar-refractivity contribution in [2.45, 2.75) is 40.3 Å². The monoisotopic (exact) mass is 441 g/mol. The molecule has 1 N–H and O–H groups in total. The van der Waals surface area contributed by atoms with Gasteiger partial charge in [-0.3, -0.25) is 0 Å². The fourth-order valence-corrected chi connectivity index (χ4v) is 3.95. The number of ether oxygens (including phenoxy) is 1. The standard InChI is InChI=1S/C26H36FN3O2/c1-4-29-14-13-23(16-29)18-30(17-22-5-9-24(27)10-6-22)26(31)28-15-21-7-11-25(12-8-21)32-19-20(2)3/h5-12,20,23H,4,13-19H2,1-3H3,(H,28,31)/t23-/m1/s1. The van der Waals surface area contributed by atoms with Crippen molar-refractivity contribution in [3.05, 3.63) is 65.5 Å². The van der Waals surface area contributed by atoms with E-state index in [4.69, 9.17) is 4.74 Å². The van der Waals surface area contributed by atoms with E-state index >= 15 is 0 Å². The Morgan fingerprint density at radius 3 is 2.47 bits per heavy atom. The molecule has 0 saturated carbocycles. The van der Waals surface area contributed by atoms with Crippen molar-refractivity contribution in [2.75, 3.05) is 32.8 Å². The average molecular weight is 442 g/mol. The third kappa shape index (κ3) is 7.52. The van der Waals surface area contributed by atoms with E-state index in [1.807, 2.05) is 29.2 Å². The number of amides is 2. The van der Waals surface area contributed by atoms with E-state index in [1.54, 1.807) is 12.1 Å². The summed E-state index contributed by atoms with van der Waals surface area (Å²) < 4.78 is 19.0. The van der Waals surface area contributed by atoms with Crippen LogP contribution in [0.4, 0.5) is 9.18 Å². The van der Waals surface area contributed by atoms with Gasteiger partial charge in [0.15, 0.2) is 0 Å². The number of hydrogen-bond acceptors (Lipinski definition) is 3. The Hall–Kier alpha value is -2.60. The van der Waals surface area contributed by atoms with E-state index in [1.165, 1.54) is 12.1 Å². The molecule has 1 aliphatic rings. The third-order valence-corrected chi connectivity index (χ3v) is 5.82. The van der Waals surface area contributed by atoms with Crippen LogP contribution in [-0.2, 0) is 13.1 Å². The highest BCUT2D eigenvalue weighted by Crippen LogP contribution is 2.19. The van der Waals surface area contributed by atoms with E-state index in [0.717, 1.165) is 42.9 Å². The smallest absolute Gasteiger partial charge is 0.317 e. The first kappa shape index (κ1) is 24.1. The fourth-order valence-electron chi connectivity index (χ4n) is 3.95. The lowest BCUT2D eigenvalue weighted by atomic mass is 10.1. The fraction of sp³-hybridized carbons (Fsp3) is 0.500. The first-order chi connectivity index (χ1) is 15.4. The second-order valence-corrected chi connectivity index (χ2v) is 9.06. The summed E-state index contributed by atoms with van der Waals surface area (Å²) >= 11 is 0. The van der Waals surface area contributed by atoms with E-state index in [-0.39, 0.29) is 11.8 Å². The zero-order valence-corrected chi connectivity index (χ0v) is 19.5. The zero-order valence-electron chi connectivity index (χ0n) is 19.5. The highest BCUT2D eigenvalue weighted by molar-refractivity contribution is 5.74. The number of benzene rings is 2. The number of urea groups is 1. The largest absolute Gasteiger partial charge is 0.493 e. The van der Waals surface area contributed by atoms with Crippen molar-refractivity contribution in [2.24, 2.45) is 11.8 Å². The van der Waals surface area contributed by atoms with Crippen LogP contribution in [0.1, 0.15) is 38.3 Å². The SMILES string of the molecule is CCN1CC[C@@H](CN(Cc2ccc(F)cc2)C(=O)NCc2ccc(OCC(C)C)cc2)C1. The molecule has 32 heavy (non-hydrogen) atoms. The summed E-state index contributed by atoms with van der Waals surface area (Å²) in [6.07, 6.45) is 1.10. The van der Waals surface area contributed by atoms with Crippen LogP contribution in [0, 0.1) is 17.7 Å². The van der Waals surface area contributed by atoms with Gasteiger partial charge in [0, 0.05) is 26.2 Å². The van der Waals surface area contributed by atoms with E-state index in [2.05, 4.69) is 31.0 Å². The van der Waals surface area contributed by atoms with Crippen molar-refractivity contribution in [3.8, 4) is 5.75 Å². The van der Waals surface area contributed by atoms with Gasteiger partial charge in [-0.1, -0.05) is 45.0 Å². The lowest BCUT2D eigenvalue weighted by molar-refractivity contribution is 0.183. The van der Waals surface area contributed by atoms with Crippen LogP contribution in [-0.4, -0.2) is 48.6 Å². The Balaban J connectivity index is 1.59. The molecule has 1 fully saturated rings. The van der Waals surface area contributed by atoms with Gasteiger partial charge in [0.25, 0.3) is 0 Å². The maximum Gasteiger partial charge on any atom is 0.317 e. The minimum atomic E-state index is -0.264. The molecule has 0 bridgehead atoms. The highest BCUT2D eigenvalue weighted by atomic mass is 19.1. The Morgan fingerprint density at radius 2 is 1.84 bits per heavy atom. The number of rotatable bonds is 10. The molecule has 2 aromatic rings. The molecule has 0 aliphatic carbocycles. The number of likely N-dealkylation sites (tertiary alicyclic amines) is 1. The Bertz CT molecular complexity index is 839. The molecule has 5 nitrogen and oxygen atoms in total. The summed E-state index contributed by atoms with van der Waals surface area (Å²) in [6, 6.07) is 14.1. The van der Waals surface area contributed by atoms with Gasteiger partial charge >= 0.3 is 6.03 Å². The van der Waals surface area contributed by atoms with E-state index in [9.17, 15) is 9.18 Å². The van der Waals surface area contributed by atoms with Gasteiger partial charge in [-0.15, -0.1) is 0 Å². The lowest BCUT2D eigenvalue weighted by Crippen LogP contribution is -2.42. The second kappa shape index (κ2) is 11.9. The summed E-state index contributed by atoms with van der Waals surface area (Å²) in [5.74, 6) is 1.51. The minimum absolute atomic E-state index is 0.0931. The molecule has 1 heterocycles.